The van der Waals surface area contributed by atoms with E-state index < -0.39 is 34.6 Å². The maximum absolute atomic E-state index is 12.9. The molecule has 0 aromatic heterocycles. The average Bonchev–Trinajstić information content (AvgIpc) is 3.03. The number of anilines is 2. The fourth-order valence-electron chi connectivity index (χ4n) is 3.66. The number of likely N-dealkylation sites (N-methyl/N-ethyl adjacent to an activating group) is 1. The molecule has 178 valence electrons. The lowest BCUT2D eigenvalue weighted by Crippen LogP contribution is -2.35. The van der Waals surface area contributed by atoms with E-state index in [4.69, 9.17) is 0 Å². The lowest BCUT2D eigenvalue weighted by Gasteiger charge is -2.21. The van der Waals surface area contributed by atoms with Crippen LogP contribution in [0.3, 0.4) is 0 Å². The smallest absolute Gasteiger partial charge is 0.406 e. The standard InChI is InChI=1S/C21H22F3N3O5S/c1-13-10-15-11-18(8-9-19(15)27(13)14(2)28)33(30,31)26(3)12-20(29)25-16-4-6-17(7-5-16)32-21(22,23)24/h4-9,11,13H,10,12H2,1-3H3,(H,25,29)/t13-/m0/s1. The average molecular weight is 485 g/mol. The predicted octanol–water partition coefficient (Wildman–Crippen LogP) is 3.14. The third-order valence-corrected chi connectivity index (χ3v) is 6.85. The molecular weight excluding hydrogens is 463 g/mol. The van der Waals surface area contributed by atoms with Crippen molar-refractivity contribution in [2.75, 3.05) is 23.8 Å². The maximum Gasteiger partial charge on any atom is 0.573 e. The molecule has 0 saturated heterocycles. The monoisotopic (exact) mass is 485 g/mol. The largest absolute Gasteiger partial charge is 0.573 e. The van der Waals surface area contributed by atoms with Crippen molar-refractivity contribution in [1.82, 2.24) is 4.31 Å². The predicted molar refractivity (Wildman–Crippen MR) is 114 cm³/mol. The molecular formula is C21H22F3N3O5S. The Balaban J connectivity index is 1.67. The molecule has 2 aromatic rings. The van der Waals surface area contributed by atoms with E-state index in [1.807, 2.05) is 6.92 Å². The van der Waals surface area contributed by atoms with Crippen molar-refractivity contribution in [3.8, 4) is 5.75 Å². The Morgan fingerprint density at radius 2 is 1.82 bits per heavy atom. The summed E-state index contributed by atoms with van der Waals surface area (Å²) in [4.78, 5) is 25.7. The normalized spacial score (nSPS) is 16.0. The Morgan fingerprint density at radius 1 is 1.18 bits per heavy atom. The van der Waals surface area contributed by atoms with Gasteiger partial charge in [-0.2, -0.15) is 4.31 Å². The summed E-state index contributed by atoms with van der Waals surface area (Å²) >= 11 is 0. The Bertz CT molecular complexity index is 1170. The number of rotatable bonds is 6. The highest BCUT2D eigenvalue weighted by Gasteiger charge is 2.32. The minimum absolute atomic E-state index is 0.0113. The molecule has 12 heteroatoms. The first-order valence-corrected chi connectivity index (χ1v) is 11.3. The summed E-state index contributed by atoms with van der Waals surface area (Å²) in [5, 5.41) is 2.43. The molecule has 1 atom stereocenters. The number of sulfonamides is 1. The molecule has 0 spiro atoms. The molecule has 0 bridgehead atoms. The molecule has 0 fully saturated rings. The maximum atomic E-state index is 12.9. The third kappa shape index (κ3) is 5.63. The van der Waals surface area contributed by atoms with Gasteiger partial charge in [0.2, 0.25) is 21.8 Å². The Kier molecular flexibility index (Phi) is 6.70. The van der Waals surface area contributed by atoms with E-state index in [1.54, 1.807) is 11.0 Å². The van der Waals surface area contributed by atoms with E-state index >= 15 is 0 Å². The molecule has 1 heterocycles. The zero-order valence-electron chi connectivity index (χ0n) is 18.0. The second kappa shape index (κ2) is 9.02. The quantitative estimate of drug-likeness (QED) is 0.678. The SMILES string of the molecule is CC(=O)N1c2ccc(S(=O)(=O)N(C)CC(=O)Nc3ccc(OC(F)(F)F)cc3)cc2C[C@@H]1C. The number of benzene rings is 2. The number of fused-ring (bicyclic) bond motifs is 1. The molecule has 1 aliphatic heterocycles. The fraction of sp³-hybridized carbons (Fsp3) is 0.333. The zero-order valence-corrected chi connectivity index (χ0v) is 18.8. The number of nitrogens with one attached hydrogen (secondary N) is 1. The molecule has 1 N–H and O–H groups in total. The van der Waals surface area contributed by atoms with E-state index in [1.165, 1.54) is 38.2 Å². The molecule has 0 unspecified atom stereocenters. The van der Waals surface area contributed by atoms with E-state index in [2.05, 4.69) is 10.1 Å². The highest BCUT2D eigenvalue weighted by molar-refractivity contribution is 7.89. The second-order valence-electron chi connectivity index (χ2n) is 7.61. The minimum Gasteiger partial charge on any atom is -0.406 e. The van der Waals surface area contributed by atoms with Crippen LogP contribution in [0.15, 0.2) is 47.4 Å². The van der Waals surface area contributed by atoms with Gasteiger partial charge in [0.25, 0.3) is 0 Å². The number of nitrogens with zero attached hydrogens (tertiary/aromatic N) is 2. The fourth-order valence-corrected chi connectivity index (χ4v) is 4.83. The van der Waals surface area contributed by atoms with Crippen LogP contribution in [0.5, 0.6) is 5.75 Å². The first-order chi connectivity index (χ1) is 15.3. The second-order valence-corrected chi connectivity index (χ2v) is 9.66. The van der Waals surface area contributed by atoms with Crippen LogP contribution < -0.4 is 15.0 Å². The Labute approximate surface area is 189 Å². The van der Waals surface area contributed by atoms with Crippen molar-refractivity contribution in [2.45, 2.75) is 37.6 Å². The number of amides is 2. The number of hydrogen-bond acceptors (Lipinski definition) is 5. The number of ether oxygens (including phenoxy) is 1. The number of alkyl halides is 3. The first kappa shape index (κ1) is 24.5. The van der Waals surface area contributed by atoms with Crippen LogP contribution in [0, 0.1) is 0 Å². The zero-order chi connectivity index (χ0) is 24.6. The van der Waals surface area contributed by atoms with Gasteiger partial charge in [-0.3, -0.25) is 9.59 Å². The van der Waals surface area contributed by atoms with Crippen LogP contribution in [0.4, 0.5) is 24.5 Å². The summed E-state index contributed by atoms with van der Waals surface area (Å²) in [5.74, 6) is -1.26. The summed E-state index contributed by atoms with van der Waals surface area (Å²) < 4.78 is 67.2. The first-order valence-electron chi connectivity index (χ1n) is 9.82. The number of carbonyl (C=O) groups excluding carboxylic acids is 2. The lowest BCUT2D eigenvalue weighted by atomic mass is 10.1. The summed E-state index contributed by atoms with van der Waals surface area (Å²) in [6.45, 7) is 2.80. The number of carbonyl (C=O) groups is 2. The molecule has 0 saturated carbocycles. The van der Waals surface area contributed by atoms with Crippen molar-refractivity contribution in [3.05, 3.63) is 48.0 Å². The van der Waals surface area contributed by atoms with Crippen molar-refractivity contribution < 1.29 is 35.9 Å². The number of hydrogen-bond donors (Lipinski definition) is 1. The van der Waals surface area contributed by atoms with Gasteiger partial charge in [0.15, 0.2) is 0 Å². The molecule has 8 nitrogen and oxygen atoms in total. The lowest BCUT2D eigenvalue weighted by molar-refractivity contribution is -0.274. The highest BCUT2D eigenvalue weighted by atomic mass is 32.2. The van der Waals surface area contributed by atoms with Gasteiger partial charge in [-0.1, -0.05) is 0 Å². The Morgan fingerprint density at radius 3 is 2.39 bits per heavy atom. The topological polar surface area (TPSA) is 96.0 Å². The summed E-state index contributed by atoms with van der Waals surface area (Å²) in [6, 6.07) is 8.83. The molecule has 0 radical (unpaired) electrons. The van der Waals surface area contributed by atoms with Gasteiger partial charge in [-0.05, 0) is 61.4 Å². The highest BCUT2D eigenvalue weighted by Crippen LogP contribution is 2.34. The van der Waals surface area contributed by atoms with Crippen molar-refractivity contribution in [2.24, 2.45) is 0 Å². The summed E-state index contributed by atoms with van der Waals surface area (Å²) in [6.07, 6.45) is -4.32. The minimum atomic E-state index is -4.83. The molecule has 33 heavy (non-hydrogen) atoms. The molecule has 2 aromatic carbocycles. The van der Waals surface area contributed by atoms with Gasteiger partial charge in [-0.25, -0.2) is 8.42 Å². The van der Waals surface area contributed by atoms with E-state index in [9.17, 15) is 31.2 Å². The van der Waals surface area contributed by atoms with Crippen molar-refractivity contribution in [3.63, 3.8) is 0 Å². The van der Waals surface area contributed by atoms with Crippen LogP contribution in [0.25, 0.3) is 0 Å². The van der Waals surface area contributed by atoms with Gasteiger partial charge in [0.05, 0.1) is 11.4 Å². The molecule has 3 rings (SSSR count). The van der Waals surface area contributed by atoms with Gasteiger partial charge >= 0.3 is 6.36 Å². The van der Waals surface area contributed by atoms with E-state index in [0.717, 1.165) is 22.0 Å². The third-order valence-electron chi connectivity index (χ3n) is 5.05. The molecule has 0 aliphatic carbocycles. The molecule has 1 aliphatic rings. The van der Waals surface area contributed by atoms with Crippen LogP contribution in [0.2, 0.25) is 0 Å². The van der Waals surface area contributed by atoms with Crippen LogP contribution in [-0.2, 0) is 26.0 Å². The van der Waals surface area contributed by atoms with E-state index in [-0.39, 0.29) is 22.5 Å². The number of halogens is 3. The summed E-state index contributed by atoms with van der Waals surface area (Å²) in [7, 11) is -2.76. The van der Waals surface area contributed by atoms with Gasteiger partial charge in [0, 0.05) is 31.4 Å². The van der Waals surface area contributed by atoms with E-state index in [0.29, 0.717) is 12.1 Å². The van der Waals surface area contributed by atoms with Gasteiger partial charge in [0.1, 0.15) is 5.75 Å². The van der Waals surface area contributed by atoms with Gasteiger partial charge < -0.3 is 15.0 Å². The molecule has 2 amide bonds. The van der Waals surface area contributed by atoms with Crippen LogP contribution >= 0.6 is 0 Å². The van der Waals surface area contributed by atoms with Gasteiger partial charge in [-0.15, -0.1) is 13.2 Å². The van der Waals surface area contributed by atoms with Crippen LogP contribution in [-0.4, -0.2) is 50.5 Å². The Hall–Kier alpha value is -3.12. The summed E-state index contributed by atoms with van der Waals surface area (Å²) in [5.41, 5.74) is 1.56. The van der Waals surface area contributed by atoms with Crippen LogP contribution in [0.1, 0.15) is 19.4 Å². The van der Waals surface area contributed by atoms with Crippen molar-refractivity contribution in [1.29, 1.82) is 0 Å². The van der Waals surface area contributed by atoms with Crippen molar-refractivity contribution >= 4 is 33.2 Å².